The number of nitrogens with zero attached hydrogens (tertiary/aromatic N) is 3. The Labute approximate surface area is 225 Å². The van der Waals surface area contributed by atoms with Crippen molar-refractivity contribution in [2.75, 3.05) is 26.8 Å². The third kappa shape index (κ3) is 5.46. The number of rotatable bonds is 6. The minimum Gasteiger partial charge on any atom is -0.497 e. The predicted octanol–water partition coefficient (Wildman–Crippen LogP) is 3.02. The van der Waals surface area contributed by atoms with Gasteiger partial charge in [0.1, 0.15) is 23.3 Å². The van der Waals surface area contributed by atoms with E-state index in [1.165, 1.54) is 23.1 Å². The van der Waals surface area contributed by atoms with Crippen molar-refractivity contribution in [3.8, 4) is 5.75 Å². The third-order valence-corrected chi connectivity index (χ3v) is 7.21. The van der Waals surface area contributed by atoms with Gasteiger partial charge in [-0.1, -0.05) is 12.1 Å². The van der Waals surface area contributed by atoms with Crippen LogP contribution in [0.3, 0.4) is 0 Å². The summed E-state index contributed by atoms with van der Waals surface area (Å²) in [6.45, 7) is 0.854. The van der Waals surface area contributed by atoms with E-state index in [1.807, 2.05) is 6.07 Å². The molecule has 3 aromatic rings. The Morgan fingerprint density at radius 1 is 1.05 bits per heavy atom. The normalized spacial score (nSPS) is 18.2. The van der Waals surface area contributed by atoms with Crippen LogP contribution in [0.5, 0.6) is 5.75 Å². The number of halogens is 1. The van der Waals surface area contributed by atoms with Crippen molar-refractivity contribution in [3.63, 3.8) is 0 Å². The van der Waals surface area contributed by atoms with Crippen molar-refractivity contribution < 1.29 is 28.2 Å². The van der Waals surface area contributed by atoms with Crippen LogP contribution in [0.4, 0.5) is 4.39 Å². The summed E-state index contributed by atoms with van der Waals surface area (Å²) >= 11 is 0. The van der Waals surface area contributed by atoms with Gasteiger partial charge in [0.15, 0.2) is 0 Å². The molecule has 1 spiro atoms. The molecular formula is C29H29FN4O5. The van der Waals surface area contributed by atoms with Gasteiger partial charge in [-0.3, -0.25) is 24.3 Å². The van der Waals surface area contributed by atoms with Gasteiger partial charge in [0.05, 0.1) is 13.7 Å². The molecule has 202 valence electrons. The van der Waals surface area contributed by atoms with Gasteiger partial charge < -0.3 is 19.7 Å². The first-order valence-corrected chi connectivity index (χ1v) is 12.7. The van der Waals surface area contributed by atoms with Crippen LogP contribution in [0.2, 0.25) is 0 Å². The molecule has 39 heavy (non-hydrogen) atoms. The molecule has 2 saturated heterocycles. The van der Waals surface area contributed by atoms with Crippen LogP contribution in [-0.2, 0) is 16.1 Å². The molecule has 5 rings (SSSR count). The maximum absolute atomic E-state index is 13.9. The lowest BCUT2D eigenvalue weighted by Gasteiger charge is -2.44. The lowest BCUT2D eigenvalue weighted by molar-refractivity contribution is -0.128. The third-order valence-electron chi connectivity index (χ3n) is 7.21. The molecule has 9 nitrogen and oxygen atoms in total. The Balaban J connectivity index is 1.36. The molecule has 3 amide bonds. The van der Waals surface area contributed by atoms with Crippen LogP contribution in [0, 0.1) is 5.82 Å². The summed E-state index contributed by atoms with van der Waals surface area (Å²) in [5.41, 5.74) is 0.421. The molecule has 0 saturated carbocycles. The molecule has 1 atom stereocenters. The Morgan fingerprint density at radius 3 is 2.49 bits per heavy atom. The fraction of sp³-hybridized carbons (Fsp3) is 0.310. The standard InChI is InChI=1S/C29H29FN4O5/c1-38-24-9-7-21(8-10-24)28(37)34-25(26(35)32-18-20-4-3-13-31-17-20)19-39-29(34)11-14-33(15-12-29)27(36)22-5-2-6-23(30)16-22/h2-10,13,16-17,25H,11-12,14-15,18-19H2,1H3,(H,32,35)/t25-/m1/s1. The number of carbonyl (C=O) groups is 3. The van der Waals surface area contributed by atoms with Crippen molar-refractivity contribution in [1.29, 1.82) is 0 Å². The van der Waals surface area contributed by atoms with Crippen molar-refractivity contribution in [3.05, 3.63) is 95.6 Å². The second-order valence-corrected chi connectivity index (χ2v) is 9.56. The van der Waals surface area contributed by atoms with Gasteiger partial charge in [-0.2, -0.15) is 0 Å². The zero-order valence-corrected chi connectivity index (χ0v) is 21.5. The number of methoxy groups -OCH3 is 1. The van der Waals surface area contributed by atoms with Gasteiger partial charge in [-0.25, -0.2) is 4.39 Å². The molecule has 1 N–H and O–H groups in total. The van der Waals surface area contributed by atoms with E-state index in [4.69, 9.17) is 9.47 Å². The monoisotopic (exact) mass is 532 g/mol. The van der Waals surface area contributed by atoms with E-state index in [0.717, 1.165) is 5.56 Å². The SMILES string of the molecule is COc1ccc(C(=O)N2[C@@H](C(=O)NCc3cccnc3)COC23CCN(C(=O)c2cccc(F)c2)CC3)cc1. The number of likely N-dealkylation sites (tertiary alicyclic amines) is 1. The highest BCUT2D eigenvalue weighted by Crippen LogP contribution is 2.39. The number of amides is 3. The van der Waals surface area contributed by atoms with E-state index in [2.05, 4.69) is 10.3 Å². The molecule has 0 radical (unpaired) electrons. The first-order chi connectivity index (χ1) is 18.9. The van der Waals surface area contributed by atoms with Gasteiger partial charge in [0.25, 0.3) is 11.8 Å². The van der Waals surface area contributed by atoms with E-state index in [1.54, 1.807) is 60.8 Å². The maximum Gasteiger partial charge on any atom is 0.256 e. The molecule has 2 aliphatic heterocycles. The Bertz CT molecular complexity index is 1340. The number of ether oxygens (including phenoxy) is 2. The average molecular weight is 533 g/mol. The minimum atomic E-state index is -1.06. The molecule has 10 heteroatoms. The number of aromatic nitrogens is 1. The van der Waals surface area contributed by atoms with Crippen LogP contribution in [0.25, 0.3) is 0 Å². The Hall–Kier alpha value is -4.31. The maximum atomic E-state index is 13.9. The lowest BCUT2D eigenvalue weighted by atomic mass is 9.96. The number of carbonyl (C=O) groups excluding carboxylic acids is 3. The fourth-order valence-corrected chi connectivity index (χ4v) is 5.11. The number of pyridine rings is 1. The Morgan fingerprint density at radius 2 is 1.82 bits per heavy atom. The minimum absolute atomic E-state index is 0.0264. The molecule has 1 aromatic heterocycles. The molecule has 0 unspecified atom stereocenters. The van der Waals surface area contributed by atoms with E-state index in [-0.39, 0.29) is 49.5 Å². The molecule has 2 fully saturated rings. The van der Waals surface area contributed by atoms with E-state index >= 15 is 0 Å². The zero-order chi connectivity index (χ0) is 27.4. The summed E-state index contributed by atoms with van der Waals surface area (Å²) in [6.07, 6.45) is 3.93. The highest BCUT2D eigenvalue weighted by molar-refractivity contribution is 5.99. The first-order valence-electron chi connectivity index (χ1n) is 12.7. The highest BCUT2D eigenvalue weighted by Gasteiger charge is 2.54. The van der Waals surface area contributed by atoms with Crippen LogP contribution in [0.1, 0.15) is 39.1 Å². The fourth-order valence-electron chi connectivity index (χ4n) is 5.11. The summed E-state index contributed by atoms with van der Waals surface area (Å²) in [4.78, 5) is 47.4. The predicted molar refractivity (Wildman–Crippen MR) is 139 cm³/mol. The van der Waals surface area contributed by atoms with Crippen LogP contribution in [-0.4, -0.2) is 71.1 Å². The average Bonchev–Trinajstić information content (AvgIpc) is 3.34. The van der Waals surface area contributed by atoms with E-state index in [9.17, 15) is 18.8 Å². The Kier molecular flexibility index (Phi) is 7.56. The number of hydrogen-bond donors (Lipinski definition) is 1. The van der Waals surface area contributed by atoms with E-state index in [0.29, 0.717) is 24.2 Å². The van der Waals surface area contributed by atoms with Gasteiger partial charge in [-0.05, 0) is 54.1 Å². The lowest BCUT2D eigenvalue weighted by Crippen LogP contribution is -2.59. The van der Waals surface area contributed by atoms with Crippen LogP contribution in [0.15, 0.2) is 73.1 Å². The summed E-state index contributed by atoms with van der Waals surface area (Å²) in [5, 5.41) is 2.90. The molecule has 2 aromatic carbocycles. The number of piperidine rings is 1. The van der Waals surface area contributed by atoms with Crippen molar-refractivity contribution in [1.82, 2.24) is 20.1 Å². The zero-order valence-electron chi connectivity index (χ0n) is 21.5. The molecule has 3 heterocycles. The highest BCUT2D eigenvalue weighted by atomic mass is 19.1. The molecule has 2 aliphatic rings. The van der Waals surface area contributed by atoms with Crippen LogP contribution < -0.4 is 10.1 Å². The second-order valence-electron chi connectivity index (χ2n) is 9.56. The number of nitrogens with one attached hydrogen (secondary N) is 1. The van der Waals surface area contributed by atoms with Gasteiger partial charge in [0.2, 0.25) is 5.91 Å². The molecule has 0 aliphatic carbocycles. The molecular weight excluding hydrogens is 503 g/mol. The van der Waals surface area contributed by atoms with E-state index < -0.39 is 17.6 Å². The number of benzene rings is 2. The summed E-state index contributed by atoms with van der Waals surface area (Å²) < 4.78 is 25.1. The van der Waals surface area contributed by atoms with Crippen molar-refractivity contribution >= 4 is 17.7 Å². The summed E-state index contributed by atoms with van der Waals surface area (Å²) in [7, 11) is 1.54. The second kappa shape index (κ2) is 11.2. The smallest absolute Gasteiger partial charge is 0.256 e. The van der Waals surface area contributed by atoms with Gasteiger partial charge in [0, 0.05) is 56.0 Å². The summed E-state index contributed by atoms with van der Waals surface area (Å²) in [5.74, 6) is -0.850. The first kappa shape index (κ1) is 26.3. The van der Waals surface area contributed by atoms with Crippen molar-refractivity contribution in [2.24, 2.45) is 0 Å². The molecule has 0 bridgehead atoms. The van der Waals surface area contributed by atoms with Gasteiger partial charge in [-0.15, -0.1) is 0 Å². The summed E-state index contributed by atoms with van der Waals surface area (Å²) in [6, 6.07) is 15.0. The van der Waals surface area contributed by atoms with Crippen LogP contribution >= 0.6 is 0 Å². The van der Waals surface area contributed by atoms with Gasteiger partial charge >= 0.3 is 0 Å². The quantitative estimate of drug-likeness (QED) is 0.524. The number of hydrogen-bond acceptors (Lipinski definition) is 6. The largest absolute Gasteiger partial charge is 0.497 e. The topological polar surface area (TPSA) is 101 Å². The van der Waals surface area contributed by atoms with Crippen molar-refractivity contribution in [2.45, 2.75) is 31.2 Å².